The molecule has 0 aliphatic heterocycles. The van der Waals surface area contributed by atoms with Gasteiger partial charge in [-0.2, -0.15) is 5.10 Å². The molecular weight excluding hydrogens is 156 g/mol. The van der Waals surface area contributed by atoms with Crippen LogP contribution in [-0.2, 0) is 0 Å². The zero-order valence-electron chi connectivity index (χ0n) is 6.56. The fraction of sp³-hybridized carbons (Fsp3) is 0.125. The highest BCUT2D eigenvalue weighted by molar-refractivity contribution is 5.60. The Kier molecular flexibility index (Phi) is 1.40. The summed E-state index contributed by atoms with van der Waals surface area (Å²) in [7, 11) is 1.58. The number of ether oxygens (including phenoxy) is 1. The smallest absolute Gasteiger partial charge is 0.161 e. The Morgan fingerprint density at radius 2 is 2.42 bits per heavy atom. The van der Waals surface area contributed by atoms with Crippen molar-refractivity contribution in [3.8, 4) is 11.5 Å². The van der Waals surface area contributed by atoms with E-state index in [9.17, 15) is 5.11 Å². The van der Waals surface area contributed by atoms with Crippen molar-refractivity contribution in [2.24, 2.45) is 0 Å². The van der Waals surface area contributed by atoms with Crippen LogP contribution in [-0.4, -0.2) is 21.8 Å². The maximum atomic E-state index is 9.29. The minimum absolute atomic E-state index is 0.161. The van der Waals surface area contributed by atoms with Gasteiger partial charge < -0.3 is 9.84 Å². The van der Waals surface area contributed by atoms with Crippen LogP contribution in [0.3, 0.4) is 0 Å². The molecule has 2 aromatic rings. The number of hydrogen-bond donors (Lipinski definition) is 1. The number of methoxy groups -OCH3 is 1. The molecule has 4 heteroatoms. The Morgan fingerprint density at radius 3 is 3.17 bits per heavy atom. The fourth-order valence-corrected chi connectivity index (χ4v) is 1.08. The van der Waals surface area contributed by atoms with Crippen LogP contribution in [0.5, 0.6) is 11.5 Å². The second-order valence-electron chi connectivity index (χ2n) is 2.43. The van der Waals surface area contributed by atoms with E-state index in [1.807, 2.05) is 0 Å². The van der Waals surface area contributed by atoms with E-state index in [-0.39, 0.29) is 5.75 Å². The van der Waals surface area contributed by atoms with Gasteiger partial charge in [0, 0.05) is 12.3 Å². The summed E-state index contributed by atoms with van der Waals surface area (Å²) in [5, 5.41) is 13.2. The normalized spacial score (nSPS) is 10.4. The predicted molar refractivity (Wildman–Crippen MR) is 43.4 cm³/mol. The number of rotatable bonds is 1. The molecule has 2 rings (SSSR count). The highest BCUT2D eigenvalue weighted by atomic mass is 16.5. The first-order valence-electron chi connectivity index (χ1n) is 3.51. The van der Waals surface area contributed by atoms with Gasteiger partial charge in [-0.3, -0.25) is 0 Å². The summed E-state index contributed by atoms with van der Waals surface area (Å²) in [5.41, 5.74) is 0.648. The third-order valence-corrected chi connectivity index (χ3v) is 1.71. The van der Waals surface area contributed by atoms with Crippen LogP contribution in [0.15, 0.2) is 24.5 Å². The molecule has 4 nitrogen and oxygen atoms in total. The van der Waals surface area contributed by atoms with Crippen LogP contribution in [0.4, 0.5) is 0 Å². The van der Waals surface area contributed by atoms with E-state index in [0.29, 0.717) is 11.3 Å². The average Bonchev–Trinajstić information content (AvgIpc) is 2.47. The monoisotopic (exact) mass is 164 g/mol. The molecule has 62 valence electrons. The largest absolute Gasteiger partial charge is 0.504 e. The molecule has 0 radical (unpaired) electrons. The second-order valence-corrected chi connectivity index (χ2v) is 2.43. The van der Waals surface area contributed by atoms with E-state index in [4.69, 9.17) is 4.74 Å². The molecule has 0 fully saturated rings. The van der Waals surface area contributed by atoms with E-state index in [1.54, 1.807) is 30.0 Å². The molecule has 2 heterocycles. The highest BCUT2D eigenvalue weighted by Gasteiger charge is 2.01. The van der Waals surface area contributed by atoms with E-state index in [2.05, 4.69) is 5.10 Å². The third-order valence-electron chi connectivity index (χ3n) is 1.71. The second kappa shape index (κ2) is 2.41. The predicted octanol–water partition coefficient (Wildman–Crippen LogP) is 1.05. The van der Waals surface area contributed by atoms with Gasteiger partial charge in [0.2, 0.25) is 0 Å². The summed E-state index contributed by atoms with van der Waals surface area (Å²) in [6.45, 7) is 0. The minimum atomic E-state index is 0.161. The van der Waals surface area contributed by atoms with E-state index in [1.165, 1.54) is 6.20 Å². The first-order valence-corrected chi connectivity index (χ1v) is 3.51. The van der Waals surface area contributed by atoms with Gasteiger partial charge in [0.15, 0.2) is 5.75 Å². The van der Waals surface area contributed by atoms with Crippen LogP contribution < -0.4 is 4.74 Å². The molecule has 0 unspecified atom stereocenters. The molecule has 12 heavy (non-hydrogen) atoms. The SMILES string of the molecule is COc1ccn2ncc(O)c2c1. The highest BCUT2D eigenvalue weighted by Crippen LogP contribution is 2.21. The van der Waals surface area contributed by atoms with Crippen molar-refractivity contribution in [3.05, 3.63) is 24.5 Å². The number of aromatic nitrogens is 2. The van der Waals surface area contributed by atoms with E-state index < -0.39 is 0 Å². The summed E-state index contributed by atoms with van der Waals surface area (Å²) in [6, 6.07) is 3.50. The van der Waals surface area contributed by atoms with E-state index >= 15 is 0 Å². The summed E-state index contributed by atoms with van der Waals surface area (Å²) < 4.78 is 6.58. The van der Waals surface area contributed by atoms with Crippen LogP contribution in [0.25, 0.3) is 5.52 Å². The van der Waals surface area contributed by atoms with Crippen LogP contribution in [0.1, 0.15) is 0 Å². The first-order chi connectivity index (χ1) is 5.81. The zero-order chi connectivity index (χ0) is 8.55. The first kappa shape index (κ1) is 6.97. The Hall–Kier alpha value is -1.71. The van der Waals surface area contributed by atoms with Gasteiger partial charge in [0.05, 0.1) is 13.3 Å². The summed E-state index contributed by atoms with van der Waals surface area (Å²) in [6.07, 6.45) is 3.13. The minimum Gasteiger partial charge on any atom is -0.504 e. The zero-order valence-corrected chi connectivity index (χ0v) is 6.56. The number of pyridine rings is 1. The van der Waals surface area contributed by atoms with Crippen molar-refractivity contribution in [2.75, 3.05) is 7.11 Å². The third kappa shape index (κ3) is 0.887. The molecule has 0 saturated carbocycles. The summed E-state index contributed by atoms with van der Waals surface area (Å²) >= 11 is 0. The molecule has 2 aromatic heterocycles. The molecule has 0 aliphatic rings. The Balaban J connectivity index is 2.71. The van der Waals surface area contributed by atoms with Crippen molar-refractivity contribution in [1.82, 2.24) is 9.61 Å². The van der Waals surface area contributed by atoms with E-state index in [0.717, 1.165) is 0 Å². The average molecular weight is 164 g/mol. The van der Waals surface area contributed by atoms with Gasteiger partial charge >= 0.3 is 0 Å². The lowest BCUT2D eigenvalue weighted by atomic mass is 10.4. The topological polar surface area (TPSA) is 46.8 Å². The number of nitrogens with zero attached hydrogens (tertiary/aromatic N) is 2. The molecule has 0 aliphatic carbocycles. The van der Waals surface area contributed by atoms with Crippen molar-refractivity contribution in [3.63, 3.8) is 0 Å². The summed E-state index contributed by atoms with van der Waals surface area (Å²) in [4.78, 5) is 0. The fourth-order valence-electron chi connectivity index (χ4n) is 1.08. The van der Waals surface area contributed by atoms with Crippen molar-refractivity contribution in [2.45, 2.75) is 0 Å². The Labute approximate surface area is 69.0 Å². The lowest BCUT2D eigenvalue weighted by Crippen LogP contribution is -1.87. The maximum Gasteiger partial charge on any atom is 0.161 e. The number of hydrogen-bond acceptors (Lipinski definition) is 3. The van der Waals surface area contributed by atoms with Crippen molar-refractivity contribution >= 4 is 5.52 Å². The standard InChI is InChI=1S/C8H8N2O2/c1-12-6-2-3-10-7(4-6)8(11)5-9-10/h2-5,11H,1H3. The lowest BCUT2D eigenvalue weighted by molar-refractivity contribution is 0.414. The molecule has 0 spiro atoms. The van der Waals surface area contributed by atoms with Crippen LogP contribution in [0, 0.1) is 0 Å². The van der Waals surface area contributed by atoms with Gasteiger partial charge in [-0.1, -0.05) is 0 Å². The summed E-state index contributed by atoms with van der Waals surface area (Å²) in [5.74, 6) is 0.868. The van der Waals surface area contributed by atoms with Crippen molar-refractivity contribution in [1.29, 1.82) is 0 Å². The van der Waals surface area contributed by atoms with Crippen molar-refractivity contribution < 1.29 is 9.84 Å². The molecule has 0 atom stereocenters. The number of aromatic hydroxyl groups is 1. The van der Waals surface area contributed by atoms with Crippen LogP contribution in [0.2, 0.25) is 0 Å². The molecule has 0 bridgehead atoms. The molecule has 1 N–H and O–H groups in total. The maximum absolute atomic E-state index is 9.29. The van der Waals surface area contributed by atoms with Gasteiger partial charge in [0.25, 0.3) is 0 Å². The molecule has 0 amide bonds. The molecule has 0 aromatic carbocycles. The quantitative estimate of drug-likeness (QED) is 0.685. The van der Waals surface area contributed by atoms with Crippen LogP contribution >= 0.6 is 0 Å². The van der Waals surface area contributed by atoms with Gasteiger partial charge in [0.1, 0.15) is 11.3 Å². The lowest BCUT2D eigenvalue weighted by Gasteiger charge is -1.98. The van der Waals surface area contributed by atoms with Gasteiger partial charge in [-0.05, 0) is 6.07 Å². The van der Waals surface area contributed by atoms with Gasteiger partial charge in [-0.25, -0.2) is 4.52 Å². The Morgan fingerprint density at radius 1 is 1.58 bits per heavy atom. The Bertz CT molecular complexity index is 408. The molecule has 0 saturated heterocycles. The molecular formula is C8H8N2O2. The van der Waals surface area contributed by atoms with Gasteiger partial charge in [-0.15, -0.1) is 0 Å². The number of fused-ring (bicyclic) bond motifs is 1.